The quantitative estimate of drug-likeness (QED) is 0.234. The maximum absolute atomic E-state index is 14.8. The number of aliphatic hydroxyl groups is 1. The fraction of sp³-hybridized carbons (Fsp3) is 0.379. The number of pyridine rings is 1. The van der Waals surface area contributed by atoms with Crippen LogP contribution >= 0.6 is 0 Å². The number of halogens is 4. The van der Waals surface area contributed by atoms with Gasteiger partial charge in [0.1, 0.15) is 17.4 Å². The number of aliphatic carboxylic acids is 1. The predicted octanol–water partition coefficient (Wildman–Crippen LogP) is 5.08. The van der Waals surface area contributed by atoms with E-state index < -0.39 is 35.3 Å². The second kappa shape index (κ2) is 12.5. The molecule has 1 saturated heterocycles. The summed E-state index contributed by atoms with van der Waals surface area (Å²) in [5.74, 6) is 0.312. The maximum atomic E-state index is 14.8. The molecule has 2 N–H and O–H groups in total. The Morgan fingerprint density at radius 3 is 2.72 bits per heavy atom. The second-order valence-corrected chi connectivity index (χ2v) is 9.69. The molecule has 2 heterocycles. The summed E-state index contributed by atoms with van der Waals surface area (Å²) in [6.07, 6.45) is 1.15. The van der Waals surface area contributed by atoms with Crippen LogP contribution in [-0.2, 0) is 4.79 Å². The number of carboxylic acid groups (broad SMARTS) is 1. The fourth-order valence-electron chi connectivity index (χ4n) is 5.18. The maximum Gasteiger partial charge on any atom is 0.303 e. The van der Waals surface area contributed by atoms with Gasteiger partial charge < -0.3 is 14.9 Å². The summed E-state index contributed by atoms with van der Waals surface area (Å²) < 4.78 is 60.6. The van der Waals surface area contributed by atoms with Crippen molar-refractivity contribution in [1.29, 1.82) is 0 Å². The highest BCUT2D eigenvalue weighted by Crippen LogP contribution is 2.35. The van der Waals surface area contributed by atoms with E-state index in [0.717, 1.165) is 12.3 Å². The van der Waals surface area contributed by atoms with Crippen molar-refractivity contribution in [3.8, 4) is 17.6 Å². The Morgan fingerprint density at radius 2 is 1.97 bits per heavy atom. The molecule has 0 spiro atoms. The molecule has 39 heavy (non-hydrogen) atoms. The summed E-state index contributed by atoms with van der Waals surface area (Å²) in [6.45, 7) is 1.12. The Hall–Kier alpha value is -3.68. The zero-order valence-electron chi connectivity index (χ0n) is 21.3. The van der Waals surface area contributed by atoms with Gasteiger partial charge in [0.05, 0.1) is 37.0 Å². The molecule has 206 valence electrons. The molecule has 3 atom stereocenters. The first-order valence-corrected chi connectivity index (χ1v) is 12.5. The van der Waals surface area contributed by atoms with Gasteiger partial charge in [-0.2, -0.15) is 0 Å². The fourth-order valence-corrected chi connectivity index (χ4v) is 5.18. The Balaban J connectivity index is 1.43. The van der Waals surface area contributed by atoms with Gasteiger partial charge in [-0.3, -0.25) is 14.7 Å². The van der Waals surface area contributed by atoms with Gasteiger partial charge in [0.2, 0.25) is 0 Å². The Kier molecular flexibility index (Phi) is 9.04. The van der Waals surface area contributed by atoms with Crippen LogP contribution < -0.4 is 4.74 Å². The van der Waals surface area contributed by atoms with E-state index in [2.05, 4.69) is 16.8 Å². The first kappa shape index (κ1) is 28.3. The van der Waals surface area contributed by atoms with Crippen LogP contribution in [0.15, 0.2) is 36.5 Å². The van der Waals surface area contributed by atoms with Crippen LogP contribution in [0.3, 0.4) is 0 Å². The summed E-state index contributed by atoms with van der Waals surface area (Å²) in [6, 6.07) is 6.28. The molecule has 1 aliphatic heterocycles. The van der Waals surface area contributed by atoms with Gasteiger partial charge in [-0.15, -0.1) is 0 Å². The summed E-state index contributed by atoms with van der Waals surface area (Å²) in [5.41, 5.74) is 0.264. The van der Waals surface area contributed by atoms with Gasteiger partial charge in [0.25, 0.3) is 0 Å². The summed E-state index contributed by atoms with van der Waals surface area (Å²) in [5, 5.41) is 20.9. The number of benzene rings is 2. The third kappa shape index (κ3) is 6.85. The SMILES string of the molecule is COc1ccc2ncc(F)c(C(O)CCC3CCN(CC#Cc4cc(F)cc(F)c4F)CC3CC(=O)O)c2c1. The highest BCUT2D eigenvalue weighted by Gasteiger charge is 2.31. The van der Waals surface area contributed by atoms with Crippen LogP contribution in [0.5, 0.6) is 5.75 Å². The Morgan fingerprint density at radius 1 is 1.18 bits per heavy atom. The zero-order chi connectivity index (χ0) is 28.1. The van der Waals surface area contributed by atoms with Gasteiger partial charge in [-0.05, 0) is 61.9 Å². The molecule has 0 radical (unpaired) electrons. The van der Waals surface area contributed by atoms with Gasteiger partial charge >= 0.3 is 5.97 Å². The van der Waals surface area contributed by atoms with Crippen molar-refractivity contribution < 1.29 is 37.3 Å². The molecule has 0 saturated carbocycles. The number of piperidine rings is 1. The normalized spacial score (nSPS) is 18.4. The first-order valence-electron chi connectivity index (χ1n) is 12.5. The lowest BCUT2D eigenvalue weighted by Crippen LogP contribution is -2.41. The van der Waals surface area contributed by atoms with E-state index in [-0.39, 0.29) is 42.3 Å². The number of hydrogen-bond acceptors (Lipinski definition) is 5. The average Bonchev–Trinajstić information content (AvgIpc) is 2.90. The smallest absolute Gasteiger partial charge is 0.303 e. The summed E-state index contributed by atoms with van der Waals surface area (Å²) in [7, 11) is 1.49. The van der Waals surface area contributed by atoms with Crippen molar-refractivity contribution in [2.75, 3.05) is 26.7 Å². The van der Waals surface area contributed by atoms with Gasteiger partial charge in [-0.1, -0.05) is 11.8 Å². The highest BCUT2D eigenvalue weighted by molar-refractivity contribution is 5.84. The molecular weight excluding hydrogens is 516 g/mol. The zero-order valence-corrected chi connectivity index (χ0v) is 21.3. The van der Waals surface area contributed by atoms with E-state index in [9.17, 15) is 32.6 Å². The van der Waals surface area contributed by atoms with Gasteiger partial charge in [-0.25, -0.2) is 17.6 Å². The Labute approximate surface area is 223 Å². The average molecular weight is 545 g/mol. The van der Waals surface area contributed by atoms with Gasteiger partial charge in [0, 0.05) is 30.0 Å². The number of methoxy groups -OCH3 is 1. The van der Waals surface area contributed by atoms with Crippen molar-refractivity contribution in [2.45, 2.75) is 31.8 Å². The number of hydrogen-bond donors (Lipinski definition) is 2. The van der Waals surface area contributed by atoms with E-state index in [1.54, 1.807) is 18.2 Å². The minimum atomic E-state index is -1.32. The highest BCUT2D eigenvalue weighted by atomic mass is 19.2. The van der Waals surface area contributed by atoms with Crippen LogP contribution in [0.25, 0.3) is 10.9 Å². The number of carbonyl (C=O) groups is 1. The molecular formula is C29H28F4N2O4. The summed E-state index contributed by atoms with van der Waals surface area (Å²) >= 11 is 0. The lowest BCUT2D eigenvalue weighted by atomic mass is 9.79. The molecule has 0 amide bonds. The van der Waals surface area contributed by atoms with Crippen molar-refractivity contribution in [2.24, 2.45) is 11.8 Å². The number of ether oxygens (including phenoxy) is 1. The monoisotopic (exact) mass is 544 g/mol. The van der Waals surface area contributed by atoms with Crippen molar-refractivity contribution in [3.63, 3.8) is 0 Å². The minimum absolute atomic E-state index is 0.0413. The summed E-state index contributed by atoms with van der Waals surface area (Å²) in [4.78, 5) is 17.5. The molecule has 1 aromatic heterocycles. The van der Waals surface area contributed by atoms with E-state index in [1.807, 2.05) is 4.90 Å². The number of carboxylic acids is 1. The first-order chi connectivity index (χ1) is 18.7. The van der Waals surface area contributed by atoms with E-state index >= 15 is 0 Å². The molecule has 0 bridgehead atoms. The van der Waals surface area contributed by atoms with Crippen molar-refractivity contribution in [1.82, 2.24) is 9.88 Å². The second-order valence-electron chi connectivity index (χ2n) is 9.69. The lowest BCUT2D eigenvalue weighted by Gasteiger charge is -2.37. The predicted molar refractivity (Wildman–Crippen MR) is 136 cm³/mol. The number of rotatable bonds is 8. The van der Waals surface area contributed by atoms with E-state index in [4.69, 9.17) is 4.74 Å². The molecule has 2 aromatic carbocycles. The molecule has 1 fully saturated rings. The molecule has 4 rings (SSSR count). The van der Waals surface area contributed by atoms with Crippen LogP contribution in [0, 0.1) is 46.9 Å². The third-order valence-electron chi connectivity index (χ3n) is 7.14. The Bertz CT molecular complexity index is 1420. The van der Waals surface area contributed by atoms with Crippen LogP contribution in [0.2, 0.25) is 0 Å². The topological polar surface area (TPSA) is 82.9 Å². The van der Waals surface area contributed by atoms with E-state index in [1.165, 1.54) is 7.11 Å². The molecule has 1 aliphatic rings. The number of nitrogens with zero attached hydrogens (tertiary/aromatic N) is 2. The molecule has 3 aromatic rings. The van der Waals surface area contributed by atoms with Gasteiger partial charge in [0.15, 0.2) is 11.6 Å². The lowest BCUT2D eigenvalue weighted by molar-refractivity contribution is -0.139. The molecule has 3 unspecified atom stereocenters. The number of aliphatic hydroxyl groups excluding tert-OH is 1. The molecule has 0 aliphatic carbocycles. The largest absolute Gasteiger partial charge is 0.497 e. The van der Waals surface area contributed by atoms with Crippen LogP contribution in [-0.4, -0.2) is 52.8 Å². The van der Waals surface area contributed by atoms with E-state index in [0.29, 0.717) is 48.6 Å². The third-order valence-corrected chi connectivity index (χ3v) is 7.14. The van der Waals surface area contributed by atoms with Crippen molar-refractivity contribution >= 4 is 16.9 Å². The number of fused-ring (bicyclic) bond motifs is 1. The van der Waals surface area contributed by atoms with Crippen LogP contribution in [0.1, 0.15) is 42.9 Å². The standard InChI is InChI=1S/C29H28F4N2O4/c1-39-21-5-6-25-22(14-21)28(24(32)15-34-25)26(36)7-4-17-8-10-35(16-19(17)12-27(37)38)9-2-3-18-11-20(30)13-23(31)29(18)33/h5-6,11,13-15,17,19,26,36H,4,7-10,12,16H2,1H3,(H,37,38). The van der Waals surface area contributed by atoms with Crippen LogP contribution in [0.4, 0.5) is 17.6 Å². The molecule has 10 heteroatoms. The van der Waals surface area contributed by atoms with Crippen molar-refractivity contribution in [3.05, 3.63) is 70.9 Å². The number of aromatic nitrogens is 1. The molecule has 6 nitrogen and oxygen atoms in total. The minimum Gasteiger partial charge on any atom is -0.497 e. The number of likely N-dealkylation sites (tertiary alicyclic amines) is 1.